The Morgan fingerprint density at radius 2 is 1.70 bits per heavy atom. The Labute approximate surface area is 132 Å². The van der Waals surface area contributed by atoms with Crippen molar-refractivity contribution in [1.29, 1.82) is 0 Å². The minimum atomic E-state index is -0.934. The first-order chi connectivity index (χ1) is 11.1. The van der Waals surface area contributed by atoms with Gasteiger partial charge in [0.05, 0.1) is 5.56 Å². The SMILES string of the molecule is O=C(O)c1ccc(Cn2ccnc2Cc2ccc(F)cc2)cc1. The lowest BCUT2D eigenvalue weighted by Gasteiger charge is -2.08. The third kappa shape index (κ3) is 3.63. The predicted octanol–water partition coefficient (Wildman–Crippen LogP) is 3.36. The molecule has 23 heavy (non-hydrogen) atoms. The molecule has 2 aromatic carbocycles. The average Bonchev–Trinajstić information content (AvgIpc) is 2.97. The summed E-state index contributed by atoms with van der Waals surface area (Å²) < 4.78 is 15.0. The van der Waals surface area contributed by atoms with Crippen LogP contribution in [0, 0.1) is 5.82 Å². The monoisotopic (exact) mass is 310 g/mol. The van der Waals surface area contributed by atoms with Gasteiger partial charge in [-0.25, -0.2) is 14.2 Å². The van der Waals surface area contributed by atoms with Crippen LogP contribution in [-0.2, 0) is 13.0 Å². The Kier molecular flexibility index (Phi) is 4.19. The Balaban J connectivity index is 1.75. The molecule has 0 saturated carbocycles. The molecule has 1 aromatic heterocycles. The maximum atomic E-state index is 13.0. The van der Waals surface area contributed by atoms with Crippen LogP contribution in [0.4, 0.5) is 4.39 Å². The van der Waals surface area contributed by atoms with Crippen LogP contribution < -0.4 is 0 Å². The van der Waals surface area contributed by atoms with Crippen LogP contribution in [0.15, 0.2) is 60.9 Å². The average molecular weight is 310 g/mol. The van der Waals surface area contributed by atoms with Crippen LogP contribution in [0.5, 0.6) is 0 Å². The van der Waals surface area contributed by atoms with E-state index in [0.29, 0.717) is 13.0 Å². The van der Waals surface area contributed by atoms with Crippen LogP contribution in [-0.4, -0.2) is 20.6 Å². The number of rotatable bonds is 5. The van der Waals surface area contributed by atoms with E-state index in [1.165, 1.54) is 12.1 Å². The van der Waals surface area contributed by atoms with Gasteiger partial charge in [-0.15, -0.1) is 0 Å². The fourth-order valence-corrected chi connectivity index (χ4v) is 2.39. The van der Waals surface area contributed by atoms with Gasteiger partial charge in [-0.2, -0.15) is 0 Å². The number of nitrogens with zero attached hydrogens (tertiary/aromatic N) is 2. The van der Waals surface area contributed by atoms with Crippen molar-refractivity contribution in [2.45, 2.75) is 13.0 Å². The molecule has 4 nitrogen and oxygen atoms in total. The zero-order valence-corrected chi connectivity index (χ0v) is 12.3. The molecular formula is C18H15FN2O2. The van der Waals surface area contributed by atoms with Gasteiger partial charge in [-0.05, 0) is 35.4 Å². The number of carboxylic acid groups (broad SMARTS) is 1. The first-order valence-corrected chi connectivity index (χ1v) is 7.18. The molecule has 0 aliphatic heterocycles. The standard InChI is InChI=1S/C18H15FN2O2/c19-16-7-3-13(4-8-16)11-17-20-9-10-21(17)12-14-1-5-15(6-2-14)18(22)23/h1-10H,11-12H2,(H,22,23). The van der Waals surface area contributed by atoms with E-state index in [4.69, 9.17) is 5.11 Å². The number of aromatic nitrogens is 2. The zero-order valence-electron chi connectivity index (χ0n) is 12.3. The second-order valence-electron chi connectivity index (χ2n) is 5.28. The number of hydrogen-bond acceptors (Lipinski definition) is 2. The highest BCUT2D eigenvalue weighted by molar-refractivity contribution is 5.87. The molecule has 0 radical (unpaired) electrons. The van der Waals surface area contributed by atoms with Crippen LogP contribution in [0.25, 0.3) is 0 Å². The largest absolute Gasteiger partial charge is 0.478 e. The molecule has 1 N–H and O–H groups in total. The topological polar surface area (TPSA) is 55.1 Å². The smallest absolute Gasteiger partial charge is 0.335 e. The summed E-state index contributed by atoms with van der Waals surface area (Å²) in [6.07, 6.45) is 4.22. The molecular weight excluding hydrogens is 295 g/mol. The molecule has 0 aliphatic carbocycles. The summed E-state index contributed by atoms with van der Waals surface area (Å²) in [5, 5.41) is 8.92. The number of benzene rings is 2. The molecule has 0 fully saturated rings. The van der Waals surface area contributed by atoms with Gasteiger partial charge in [0.1, 0.15) is 11.6 Å². The van der Waals surface area contributed by atoms with Gasteiger partial charge in [0.25, 0.3) is 0 Å². The first kappa shape index (κ1) is 15.0. The molecule has 3 aromatic rings. The lowest BCUT2D eigenvalue weighted by molar-refractivity contribution is 0.0697. The number of carbonyl (C=O) groups is 1. The molecule has 0 bridgehead atoms. The quantitative estimate of drug-likeness (QED) is 0.786. The predicted molar refractivity (Wildman–Crippen MR) is 83.9 cm³/mol. The maximum absolute atomic E-state index is 13.0. The Bertz CT molecular complexity index is 808. The highest BCUT2D eigenvalue weighted by Gasteiger charge is 2.07. The normalized spacial score (nSPS) is 10.7. The van der Waals surface area contributed by atoms with Gasteiger partial charge >= 0.3 is 5.97 Å². The minimum absolute atomic E-state index is 0.254. The fraction of sp³-hybridized carbons (Fsp3) is 0.111. The van der Waals surface area contributed by atoms with Gasteiger partial charge in [-0.3, -0.25) is 0 Å². The number of carboxylic acids is 1. The van der Waals surface area contributed by atoms with Crippen molar-refractivity contribution in [3.05, 3.63) is 89.3 Å². The number of aromatic carboxylic acids is 1. The minimum Gasteiger partial charge on any atom is -0.478 e. The van der Waals surface area contributed by atoms with Gasteiger partial charge in [0.2, 0.25) is 0 Å². The lowest BCUT2D eigenvalue weighted by Crippen LogP contribution is -2.05. The molecule has 1 heterocycles. The summed E-state index contributed by atoms with van der Waals surface area (Å²) in [6.45, 7) is 0.608. The second-order valence-corrected chi connectivity index (χ2v) is 5.28. The Morgan fingerprint density at radius 3 is 2.35 bits per heavy atom. The van der Waals surface area contributed by atoms with Gasteiger partial charge in [-0.1, -0.05) is 24.3 Å². The van der Waals surface area contributed by atoms with E-state index < -0.39 is 5.97 Å². The van der Waals surface area contributed by atoms with E-state index in [9.17, 15) is 9.18 Å². The van der Waals surface area contributed by atoms with Crippen molar-refractivity contribution in [2.24, 2.45) is 0 Å². The van der Waals surface area contributed by atoms with Crippen LogP contribution in [0.3, 0.4) is 0 Å². The Morgan fingerprint density at radius 1 is 1.04 bits per heavy atom. The molecule has 0 unspecified atom stereocenters. The molecule has 0 aliphatic rings. The number of hydrogen-bond donors (Lipinski definition) is 1. The summed E-state index contributed by atoms with van der Waals surface area (Å²) in [7, 11) is 0. The van der Waals surface area contributed by atoms with E-state index in [1.54, 1.807) is 42.6 Å². The third-order valence-electron chi connectivity index (χ3n) is 3.63. The molecule has 3 rings (SSSR count). The molecule has 5 heteroatoms. The highest BCUT2D eigenvalue weighted by Crippen LogP contribution is 2.12. The first-order valence-electron chi connectivity index (χ1n) is 7.18. The van der Waals surface area contributed by atoms with Crippen molar-refractivity contribution in [2.75, 3.05) is 0 Å². The van der Waals surface area contributed by atoms with Gasteiger partial charge in [0.15, 0.2) is 0 Å². The van der Waals surface area contributed by atoms with Crippen LogP contribution >= 0.6 is 0 Å². The zero-order chi connectivity index (χ0) is 16.2. The molecule has 0 saturated heterocycles. The van der Waals surface area contributed by atoms with Gasteiger partial charge in [0, 0.05) is 25.4 Å². The van der Waals surface area contributed by atoms with E-state index in [-0.39, 0.29) is 11.4 Å². The van der Waals surface area contributed by atoms with Crippen molar-refractivity contribution < 1.29 is 14.3 Å². The number of halogens is 1. The van der Waals surface area contributed by atoms with Crippen LogP contribution in [0.2, 0.25) is 0 Å². The van der Waals surface area contributed by atoms with Crippen LogP contribution in [0.1, 0.15) is 27.3 Å². The van der Waals surface area contributed by atoms with E-state index in [1.807, 2.05) is 10.8 Å². The fourth-order valence-electron chi connectivity index (χ4n) is 2.39. The van der Waals surface area contributed by atoms with Crippen molar-refractivity contribution in [3.63, 3.8) is 0 Å². The summed E-state index contributed by atoms with van der Waals surface area (Å²) in [5.41, 5.74) is 2.25. The van der Waals surface area contributed by atoms with Crippen molar-refractivity contribution in [1.82, 2.24) is 9.55 Å². The summed E-state index contributed by atoms with van der Waals surface area (Å²) in [4.78, 5) is 15.2. The summed E-state index contributed by atoms with van der Waals surface area (Å²) in [5.74, 6) is -0.314. The molecule has 0 spiro atoms. The second kappa shape index (κ2) is 6.44. The van der Waals surface area contributed by atoms with Crippen molar-refractivity contribution >= 4 is 5.97 Å². The number of imidazole rings is 1. The van der Waals surface area contributed by atoms with E-state index in [0.717, 1.165) is 17.0 Å². The Hall–Kier alpha value is -2.95. The molecule has 0 atom stereocenters. The van der Waals surface area contributed by atoms with Crippen molar-refractivity contribution in [3.8, 4) is 0 Å². The molecule has 116 valence electrons. The third-order valence-corrected chi connectivity index (χ3v) is 3.63. The maximum Gasteiger partial charge on any atom is 0.335 e. The summed E-state index contributed by atoms with van der Waals surface area (Å²) in [6, 6.07) is 13.1. The van der Waals surface area contributed by atoms with Gasteiger partial charge < -0.3 is 9.67 Å². The highest BCUT2D eigenvalue weighted by atomic mass is 19.1. The van der Waals surface area contributed by atoms with E-state index in [2.05, 4.69) is 4.98 Å². The molecule has 0 amide bonds. The van der Waals surface area contributed by atoms with E-state index >= 15 is 0 Å². The lowest BCUT2D eigenvalue weighted by atomic mass is 10.1. The summed E-state index contributed by atoms with van der Waals surface area (Å²) >= 11 is 0.